The number of carbonyl (C=O) groups is 1. The Labute approximate surface area is 155 Å². The van der Waals surface area contributed by atoms with Gasteiger partial charge in [-0.1, -0.05) is 40.7 Å². The van der Waals surface area contributed by atoms with E-state index in [-0.39, 0.29) is 22.6 Å². The predicted molar refractivity (Wildman–Crippen MR) is 104 cm³/mol. The average Bonchev–Trinajstić information content (AvgIpc) is 2.93. The van der Waals surface area contributed by atoms with Crippen LogP contribution in [0, 0.1) is 10.1 Å². The Morgan fingerprint density at radius 3 is 2.76 bits per heavy atom. The fraction of sp³-hybridized carbons (Fsp3) is 0.222. The first-order chi connectivity index (χ1) is 12.0. The molecule has 2 atom stereocenters. The Balaban J connectivity index is 1.95. The summed E-state index contributed by atoms with van der Waals surface area (Å²) in [7, 11) is -0.463. The smallest absolute Gasteiger partial charge is 0.259 e. The summed E-state index contributed by atoms with van der Waals surface area (Å²) in [5, 5.41) is 11.9. The highest BCUT2D eigenvalue weighted by Crippen LogP contribution is 2.47. The summed E-state index contributed by atoms with van der Waals surface area (Å²) in [6, 6.07) is 7.42. The van der Waals surface area contributed by atoms with Crippen LogP contribution in [0.15, 0.2) is 59.2 Å². The van der Waals surface area contributed by atoms with Crippen molar-refractivity contribution in [1.29, 1.82) is 0 Å². The minimum Gasteiger partial charge on any atom is -0.295 e. The molecule has 1 amide bonds. The van der Waals surface area contributed by atoms with E-state index >= 15 is 0 Å². The number of rotatable bonds is 3. The Morgan fingerprint density at radius 1 is 1.36 bits per heavy atom. The molecule has 0 bridgehead atoms. The molecule has 7 heteroatoms. The van der Waals surface area contributed by atoms with E-state index < -0.39 is 10.5 Å². The second-order valence-electron chi connectivity index (χ2n) is 6.12. The van der Waals surface area contributed by atoms with Gasteiger partial charge in [-0.2, -0.15) is 0 Å². The van der Waals surface area contributed by atoms with E-state index in [1.807, 2.05) is 35.2 Å². The number of benzene rings is 1. The van der Waals surface area contributed by atoms with Crippen molar-refractivity contribution in [2.75, 3.05) is 11.1 Å². The lowest BCUT2D eigenvalue weighted by Gasteiger charge is -2.38. The lowest BCUT2D eigenvalue weighted by molar-refractivity contribution is -0.423. The van der Waals surface area contributed by atoms with Gasteiger partial charge >= 0.3 is 0 Å². The first kappa shape index (κ1) is 16.5. The van der Waals surface area contributed by atoms with Gasteiger partial charge in [0.05, 0.1) is 21.7 Å². The molecule has 5 nitrogen and oxygen atoms in total. The number of fused-ring (bicyclic) bond motifs is 4. The zero-order valence-corrected chi connectivity index (χ0v) is 15.7. The first-order valence-electron chi connectivity index (χ1n) is 7.81. The molecule has 1 aromatic carbocycles. The summed E-state index contributed by atoms with van der Waals surface area (Å²) < 4.78 is 0. The summed E-state index contributed by atoms with van der Waals surface area (Å²) in [4.78, 5) is 27.9. The van der Waals surface area contributed by atoms with E-state index in [1.165, 1.54) is 0 Å². The van der Waals surface area contributed by atoms with Gasteiger partial charge in [0.25, 0.3) is 11.6 Å². The Bertz CT molecular complexity index is 932. The van der Waals surface area contributed by atoms with Crippen molar-refractivity contribution in [2.24, 2.45) is 0 Å². The van der Waals surface area contributed by atoms with Gasteiger partial charge in [0.1, 0.15) is 0 Å². The van der Waals surface area contributed by atoms with Crippen LogP contribution >= 0.6 is 26.4 Å². The van der Waals surface area contributed by atoms with Gasteiger partial charge in [-0.25, -0.2) is 0 Å². The molecule has 2 unspecified atom stereocenters. The van der Waals surface area contributed by atoms with Crippen molar-refractivity contribution in [3.63, 3.8) is 0 Å². The number of amides is 1. The summed E-state index contributed by atoms with van der Waals surface area (Å²) in [6.07, 6.45) is 4.15. The van der Waals surface area contributed by atoms with Gasteiger partial charge < -0.3 is 0 Å². The zero-order valence-electron chi connectivity index (χ0n) is 13.3. The molecule has 3 aliphatic rings. The van der Waals surface area contributed by atoms with Crippen molar-refractivity contribution >= 4 is 37.3 Å². The monoisotopic (exact) mass is 418 g/mol. The Kier molecular flexibility index (Phi) is 4.00. The number of nitro groups is 1. The minimum absolute atomic E-state index is 0.0264. The first-order valence-corrected chi connectivity index (χ1v) is 10.3. The molecule has 0 radical (unpaired) electrons. The van der Waals surface area contributed by atoms with Gasteiger partial charge in [0.15, 0.2) is 0 Å². The topological polar surface area (TPSA) is 63.5 Å². The van der Waals surface area contributed by atoms with Gasteiger partial charge in [0.2, 0.25) is 0 Å². The molecular weight excluding hydrogens is 404 g/mol. The molecule has 25 heavy (non-hydrogen) atoms. The van der Waals surface area contributed by atoms with Crippen LogP contribution in [0.5, 0.6) is 0 Å². The van der Waals surface area contributed by atoms with Crippen LogP contribution in [0.1, 0.15) is 22.3 Å². The maximum absolute atomic E-state index is 13.0. The van der Waals surface area contributed by atoms with E-state index in [4.69, 9.17) is 0 Å². The molecule has 0 fully saturated rings. The van der Waals surface area contributed by atoms with Gasteiger partial charge in [-0.15, -0.1) is 10.5 Å². The molecule has 128 valence electrons. The molecule has 0 spiro atoms. The van der Waals surface area contributed by atoms with Crippen molar-refractivity contribution in [3.05, 3.63) is 80.4 Å². The standard InChI is InChI=1S/C18H15BrN2O3S/c1-11(9-19)16-8-13-7-6-12(21(23)24)10-25(13)18-15-5-3-2-4-14(15)17(22)20(16)18/h2-7,16H,1,8-10H2. The normalized spacial score (nSPS) is 24.1. The molecule has 1 aromatic rings. The third-order valence-electron chi connectivity index (χ3n) is 4.71. The molecule has 0 saturated carbocycles. The van der Waals surface area contributed by atoms with Crippen LogP contribution < -0.4 is 0 Å². The summed E-state index contributed by atoms with van der Waals surface area (Å²) in [5.41, 5.74) is 2.72. The van der Waals surface area contributed by atoms with E-state index in [9.17, 15) is 14.9 Å². The van der Waals surface area contributed by atoms with Crippen LogP contribution in [0.2, 0.25) is 0 Å². The molecule has 0 N–H and O–H groups in total. The quantitative estimate of drug-likeness (QED) is 0.247. The summed E-state index contributed by atoms with van der Waals surface area (Å²) in [6.45, 7) is 4.13. The third kappa shape index (κ3) is 2.45. The molecular formula is C18H15BrN2O3S. The summed E-state index contributed by atoms with van der Waals surface area (Å²) >= 11 is 3.45. The third-order valence-corrected chi connectivity index (χ3v) is 7.84. The highest BCUT2D eigenvalue weighted by Gasteiger charge is 2.44. The lowest BCUT2D eigenvalue weighted by Crippen LogP contribution is -2.44. The number of alkyl halides is 1. The maximum atomic E-state index is 13.0. The van der Waals surface area contributed by atoms with Gasteiger partial charge in [-0.3, -0.25) is 19.8 Å². The SMILES string of the molecule is C=C(CBr)C1CC2=CC=C([N+](=O)[O-])CS2=C2c3ccccc3C(=O)N21. The van der Waals surface area contributed by atoms with Gasteiger partial charge in [0, 0.05) is 29.0 Å². The lowest BCUT2D eigenvalue weighted by atomic mass is 10.0. The Hall–Kier alpha value is -1.99. The fourth-order valence-corrected chi connectivity index (χ4v) is 6.40. The zero-order chi connectivity index (χ0) is 17.7. The molecule has 0 aliphatic carbocycles. The number of allylic oxidation sites excluding steroid dienone is 2. The molecule has 3 aliphatic heterocycles. The predicted octanol–water partition coefficient (Wildman–Crippen LogP) is 3.67. The van der Waals surface area contributed by atoms with Crippen molar-refractivity contribution in [1.82, 2.24) is 4.90 Å². The minimum atomic E-state index is -0.463. The van der Waals surface area contributed by atoms with Crippen LogP contribution in [0.4, 0.5) is 0 Å². The molecule has 3 heterocycles. The number of nitrogens with zero attached hydrogens (tertiary/aromatic N) is 2. The van der Waals surface area contributed by atoms with Crippen LogP contribution in [0.25, 0.3) is 0 Å². The molecule has 0 saturated heterocycles. The highest BCUT2D eigenvalue weighted by atomic mass is 79.9. The van der Waals surface area contributed by atoms with E-state index in [2.05, 4.69) is 22.5 Å². The van der Waals surface area contributed by atoms with E-state index in [0.29, 0.717) is 23.1 Å². The number of hydrogen-bond donors (Lipinski definition) is 0. The Morgan fingerprint density at radius 2 is 2.08 bits per heavy atom. The van der Waals surface area contributed by atoms with Crippen molar-refractivity contribution < 1.29 is 9.72 Å². The van der Waals surface area contributed by atoms with Crippen molar-refractivity contribution in [2.45, 2.75) is 12.5 Å². The van der Waals surface area contributed by atoms with Crippen LogP contribution in [0.3, 0.4) is 0 Å². The maximum Gasteiger partial charge on any atom is 0.259 e. The number of hydrogen-bond acceptors (Lipinski definition) is 3. The number of halogens is 1. The van der Waals surface area contributed by atoms with Crippen LogP contribution in [-0.2, 0) is 0 Å². The largest absolute Gasteiger partial charge is 0.295 e. The molecule has 4 rings (SSSR count). The van der Waals surface area contributed by atoms with Crippen molar-refractivity contribution in [3.8, 4) is 0 Å². The van der Waals surface area contributed by atoms with E-state index in [1.54, 1.807) is 6.08 Å². The average molecular weight is 419 g/mol. The number of carbonyl (C=O) groups excluding carboxylic acids is 1. The fourth-order valence-electron chi connectivity index (χ4n) is 3.47. The van der Waals surface area contributed by atoms with Gasteiger partial charge in [-0.05, 0) is 22.6 Å². The van der Waals surface area contributed by atoms with E-state index in [0.717, 1.165) is 21.0 Å². The second kappa shape index (κ2) is 6.07. The molecule has 0 aromatic heterocycles. The van der Waals surface area contributed by atoms with Crippen LogP contribution in [-0.4, -0.2) is 37.8 Å². The second-order valence-corrected chi connectivity index (χ2v) is 8.66. The summed E-state index contributed by atoms with van der Waals surface area (Å²) in [5.74, 6) is 0.321. The highest BCUT2D eigenvalue weighted by molar-refractivity contribution is 9.09.